The molecule has 0 atom stereocenters. The van der Waals surface area contributed by atoms with Crippen molar-refractivity contribution in [1.29, 1.82) is 0 Å². The molecule has 0 saturated heterocycles. The van der Waals surface area contributed by atoms with E-state index in [0.717, 1.165) is 35.3 Å². The molecule has 9 nitrogen and oxygen atoms in total. The molecule has 1 amide bonds. The molecule has 0 spiro atoms. The number of oxazole rings is 1. The van der Waals surface area contributed by atoms with E-state index in [1.54, 1.807) is 24.4 Å². The topological polar surface area (TPSA) is 139 Å². The molecule has 1 saturated carbocycles. The van der Waals surface area contributed by atoms with E-state index in [4.69, 9.17) is 10.2 Å². The van der Waals surface area contributed by atoms with Gasteiger partial charge >= 0.3 is 5.76 Å². The van der Waals surface area contributed by atoms with Gasteiger partial charge in [-0.2, -0.15) is 4.98 Å². The van der Waals surface area contributed by atoms with Crippen molar-refractivity contribution >= 4 is 40.1 Å². The van der Waals surface area contributed by atoms with Crippen LogP contribution in [0.3, 0.4) is 0 Å². The number of primary amides is 1. The van der Waals surface area contributed by atoms with Gasteiger partial charge in [-0.3, -0.25) is 9.78 Å². The number of aromatic nitrogens is 3. The first-order valence-corrected chi connectivity index (χ1v) is 10.4. The number of aromatic amines is 1. The second-order valence-corrected chi connectivity index (χ2v) is 7.99. The van der Waals surface area contributed by atoms with Crippen LogP contribution < -0.4 is 22.1 Å². The van der Waals surface area contributed by atoms with E-state index in [-0.39, 0.29) is 0 Å². The number of carbonyl (C=O) groups excluding carboxylic acids is 1. The Labute approximate surface area is 183 Å². The summed E-state index contributed by atoms with van der Waals surface area (Å²) in [6.45, 7) is 1.91. The molecule has 5 rings (SSSR count). The van der Waals surface area contributed by atoms with Gasteiger partial charge in [-0.15, -0.1) is 0 Å². The molecule has 0 bridgehead atoms. The Kier molecular flexibility index (Phi) is 4.85. The van der Waals surface area contributed by atoms with Crippen LogP contribution in [0.4, 0.5) is 23.1 Å². The third-order valence-electron chi connectivity index (χ3n) is 5.78. The van der Waals surface area contributed by atoms with Gasteiger partial charge in [0.2, 0.25) is 11.9 Å². The van der Waals surface area contributed by atoms with Crippen molar-refractivity contribution in [3.8, 4) is 0 Å². The monoisotopic (exact) mass is 430 g/mol. The molecule has 0 radical (unpaired) electrons. The van der Waals surface area contributed by atoms with E-state index in [9.17, 15) is 9.59 Å². The van der Waals surface area contributed by atoms with Crippen molar-refractivity contribution in [2.45, 2.75) is 32.1 Å². The molecule has 2 aromatic carbocycles. The molecule has 2 heterocycles. The number of H-pyrrole nitrogens is 1. The first-order chi connectivity index (χ1) is 15.5. The largest absolute Gasteiger partial charge is 0.417 e. The molecule has 1 aliphatic carbocycles. The molecule has 2 aromatic heterocycles. The highest BCUT2D eigenvalue weighted by Gasteiger charge is 2.23. The number of fused-ring (bicyclic) bond motifs is 1. The molecule has 32 heavy (non-hydrogen) atoms. The summed E-state index contributed by atoms with van der Waals surface area (Å²) < 4.78 is 5.05. The van der Waals surface area contributed by atoms with Gasteiger partial charge in [0, 0.05) is 28.7 Å². The van der Waals surface area contributed by atoms with Crippen LogP contribution in [-0.2, 0) is 0 Å². The number of carbonyl (C=O) groups is 1. The summed E-state index contributed by atoms with van der Waals surface area (Å²) in [5.74, 6) is 0.524. The minimum Gasteiger partial charge on any atom is -0.408 e. The van der Waals surface area contributed by atoms with Crippen molar-refractivity contribution in [3.05, 3.63) is 69.8 Å². The van der Waals surface area contributed by atoms with Gasteiger partial charge in [0.25, 0.3) is 0 Å². The maximum absolute atomic E-state index is 11.6. The smallest absolute Gasteiger partial charge is 0.408 e. The van der Waals surface area contributed by atoms with E-state index in [1.165, 1.54) is 6.42 Å². The van der Waals surface area contributed by atoms with E-state index in [2.05, 4.69) is 25.6 Å². The highest BCUT2D eigenvalue weighted by Crippen LogP contribution is 2.41. The van der Waals surface area contributed by atoms with Crippen molar-refractivity contribution < 1.29 is 9.21 Å². The fraction of sp³-hybridized carbons (Fsp3) is 0.217. The summed E-state index contributed by atoms with van der Waals surface area (Å²) in [6, 6.07) is 10.7. The van der Waals surface area contributed by atoms with Crippen LogP contribution in [0, 0.1) is 6.92 Å². The summed E-state index contributed by atoms with van der Waals surface area (Å²) in [5, 5.41) is 6.56. The zero-order valence-corrected chi connectivity index (χ0v) is 17.4. The number of amides is 1. The summed E-state index contributed by atoms with van der Waals surface area (Å²) in [6.07, 6.45) is 5.07. The van der Waals surface area contributed by atoms with Crippen LogP contribution in [-0.4, -0.2) is 20.9 Å². The summed E-state index contributed by atoms with van der Waals surface area (Å²) in [4.78, 5) is 34.7. The second kappa shape index (κ2) is 7.84. The standard InChI is InChI=1S/C23H22N6O3/c1-12-11-25-22(27-17-7-5-14(20(24)30)9-16(17)13-3-2-4-13)29-21(12)26-15-6-8-19-18(10-15)28-23(31)32-19/h5-11,13H,2-4H2,1H3,(H2,24,30)(H,28,31)(H2,25,26,27,29). The number of nitrogens with one attached hydrogen (secondary N) is 3. The van der Waals surface area contributed by atoms with Crippen molar-refractivity contribution in [1.82, 2.24) is 15.0 Å². The Morgan fingerprint density at radius 3 is 2.78 bits per heavy atom. The number of nitrogens with two attached hydrogens (primary N) is 1. The third-order valence-corrected chi connectivity index (χ3v) is 5.78. The highest BCUT2D eigenvalue weighted by atomic mass is 16.4. The average Bonchev–Trinajstić information content (AvgIpc) is 3.09. The van der Waals surface area contributed by atoms with E-state index in [0.29, 0.717) is 34.3 Å². The predicted molar refractivity (Wildman–Crippen MR) is 122 cm³/mol. The predicted octanol–water partition coefficient (Wildman–Crippen LogP) is 4.07. The Morgan fingerprint density at radius 2 is 2.03 bits per heavy atom. The van der Waals surface area contributed by atoms with Gasteiger partial charge in [-0.25, -0.2) is 9.78 Å². The zero-order chi connectivity index (χ0) is 22.2. The van der Waals surface area contributed by atoms with Gasteiger partial charge in [0.1, 0.15) is 5.82 Å². The van der Waals surface area contributed by atoms with E-state index < -0.39 is 11.7 Å². The number of hydrogen-bond acceptors (Lipinski definition) is 7. The maximum atomic E-state index is 11.6. The summed E-state index contributed by atoms with van der Waals surface area (Å²) in [7, 11) is 0. The molecular weight excluding hydrogens is 408 g/mol. The number of aryl methyl sites for hydroxylation is 1. The lowest BCUT2D eigenvalue weighted by Gasteiger charge is -2.28. The summed E-state index contributed by atoms with van der Waals surface area (Å²) in [5.41, 5.74) is 10.6. The first kappa shape index (κ1) is 19.8. The Bertz CT molecular complexity index is 1390. The Morgan fingerprint density at radius 1 is 1.19 bits per heavy atom. The molecule has 1 fully saturated rings. The molecule has 4 aromatic rings. The van der Waals surface area contributed by atoms with Crippen molar-refractivity contribution in [2.24, 2.45) is 5.73 Å². The lowest BCUT2D eigenvalue weighted by Crippen LogP contribution is -2.15. The van der Waals surface area contributed by atoms with Crippen LogP contribution in [0.5, 0.6) is 0 Å². The van der Waals surface area contributed by atoms with Crippen LogP contribution >= 0.6 is 0 Å². The SMILES string of the molecule is Cc1cnc(Nc2ccc(C(N)=O)cc2C2CCC2)nc1Nc1ccc2oc(=O)[nH]c2c1. The zero-order valence-electron chi connectivity index (χ0n) is 17.4. The van der Waals surface area contributed by atoms with Crippen LogP contribution in [0.2, 0.25) is 0 Å². The number of nitrogens with zero attached hydrogens (tertiary/aromatic N) is 2. The average molecular weight is 430 g/mol. The fourth-order valence-corrected chi connectivity index (χ4v) is 3.80. The van der Waals surface area contributed by atoms with Crippen LogP contribution in [0.25, 0.3) is 11.1 Å². The van der Waals surface area contributed by atoms with E-state index in [1.807, 2.05) is 25.1 Å². The van der Waals surface area contributed by atoms with Crippen molar-refractivity contribution in [3.63, 3.8) is 0 Å². The number of rotatable bonds is 6. The molecular formula is C23H22N6O3. The number of hydrogen-bond donors (Lipinski definition) is 4. The number of anilines is 4. The molecule has 162 valence electrons. The second-order valence-electron chi connectivity index (χ2n) is 7.99. The minimum atomic E-state index is -0.494. The third kappa shape index (κ3) is 3.80. The molecule has 0 aliphatic heterocycles. The van der Waals surface area contributed by atoms with Crippen molar-refractivity contribution in [2.75, 3.05) is 10.6 Å². The highest BCUT2D eigenvalue weighted by molar-refractivity contribution is 5.93. The lowest BCUT2D eigenvalue weighted by atomic mass is 9.79. The Hall–Kier alpha value is -4.14. The van der Waals surface area contributed by atoms with Gasteiger partial charge < -0.3 is 20.8 Å². The summed E-state index contributed by atoms with van der Waals surface area (Å²) >= 11 is 0. The maximum Gasteiger partial charge on any atom is 0.417 e. The quantitative estimate of drug-likeness (QED) is 0.361. The number of benzene rings is 2. The fourth-order valence-electron chi connectivity index (χ4n) is 3.80. The van der Waals surface area contributed by atoms with Gasteiger partial charge in [-0.1, -0.05) is 6.42 Å². The van der Waals surface area contributed by atoms with Crippen LogP contribution in [0.15, 0.2) is 51.8 Å². The molecule has 5 N–H and O–H groups in total. The normalized spacial score (nSPS) is 13.7. The molecule has 1 aliphatic rings. The van der Waals surface area contributed by atoms with Gasteiger partial charge in [0.05, 0.1) is 5.52 Å². The Balaban J connectivity index is 1.43. The molecule has 0 unspecified atom stereocenters. The minimum absolute atomic E-state index is 0.392. The lowest BCUT2D eigenvalue weighted by molar-refractivity contribution is 0.1000. The van der Waals surface area contributed by atoms with Gasteiger partial charge in [0.15, 0.2) is 5.58 Å². The first-order valence-electron chi connectivity index (χ1n) is 10.4. The van der Waals surface area contributed by atoms with E-state index >= 15 is 0 Å². The van der Waals surface area contributed by atoms with Gasteiger partial charge in [-0.05, 0) is 67.6 Å². The van der Waals surface area contributed by atoms with Crippen LogP contribution in [0.1, 0.15) is 46.7 Å². The molecule has 9 heteroatoms.